The van der Waals surface area contributed by atoms with Gasteiger partial charge in [-0.2, -0.15) is 17.6 Å². The summed E-state index contributed by atoms with van der Waals surface area (Å²) in [7, 11) is 0. The minimum atomic E-state index is -5.54. The van der Waals surface area contributed by atoms with Crippen molar-refractivity contribution in [1.82, 2.24) is 0 Å². The van der Waals surface area contributed by atoms with Gasteiger partial charge in [0.05, 0.1) is 0 Å². The molecule has 0 aromatic heterocycles. The van der Waals surface area contributed by atoms with Crippen LogP contribution in [0.2, 0.25) is 0 Å². The Kier molecular flexibility index (Phi) is 2.60. The third-order valence-corrected chi connectivity index (χ3v) is 2.54. The first kappa shape index (κ1) is 13.0. The lowest BCUT2D eigenvalue weighted by Gasteiger charge is -2.40. The van der Waals surface area contributed by atoms with Crippen LogP contribution in [0, 0.1) is 0 Å². The molecule has 16 heavy (non-hydrogen) atoms. The van der Waals surface area contributed by atoms with E-state index in [2.05, 4.69) is 0 Å². The van der Waals surface area contributed by atoms with Crippen LogP contribution in [0.3, 0.4) is 0 Å². The molecule has 1 aliphatic rings. The number of rotatable bonds is 1. The lowest BCUT2D eigenvalue weighted by molar-refractivity contribution is -0.268. The maximum Gasteiger partial charge on any atom is 0.374 e. The van der Waals surface area contributed by atoms with Crippen LogP contribution in [0.15, 0.2) is 0 Å². The Labute approximate surface area is 85.6 Å². The molecule has 0 heterocycles. The quantitative estimate of drug-likeness (QED) is 0.524. The van der Waals surface area contributed by atoms with Crippen molar-refractivity contribution in [3.8, 4) is 0 Å². The van der Waals surface area contributed by atoms with E-state index >= 15 is 0 Å². The monoisotopic (exact) mass is 248 g/mol. The molecule has 0 bridgehead atoms. The molecular weight excluding hydrogens is 242 g/mol. The summed E-state index contributed by atoms with van der Waals surface area (Å²) in [5, 5.41) is 0. The van der Waals surface area contributed by atoms with Crippen molar-refractivity contribution >= 4 is 11.6 Å². The van der Waals surface area contributed by atoms with Gasteiger partial charge >= 0.3 is 11.8 Å². The standard InChI is InChI=1S/C8H6F6O2/c1-2-6(10)4(15)3(9)5(16)7(11,12)8(6,13)14/h3H,2H2,1H3. The molecule has 1 saturated carbocycles. The molecule has 0 N–H and O–H groups in total. The van der Waals surface area contributed by atoms with Crippen LogP contribution in [0.4, 0.5) is 26.3 Å². The van der Waals surface area contributed by atoms with Gasteiger partial charge in [-0.25, -0.2) is 8.78 Å². The van der Waals surface area contributed by atoms with Crippen molar-refractivity contribution in [2.45, 2.75) is 37.0 Å². The van der Waals surface area contributed by atoms with Crippen molar-refractivity contribution in [3.63, 3.8) is 0 Å². The number of carbonyl (C=O) groups is 2. The third kappa shape index (κ3) is 1.15. The number of hydrogen-bond acceptors (Lipinski definition) is 2. The molecule has 2 nitrogen and oxygen atoms in total. The van der Waals surface area contributed by atoms with Gasteiger partial charge in [-0.1, -0.05) is 6.92 Å². The molecule has 0 aromatic rings. The predicted octanol–water partition coefficient (Wildman–Crippen LogP) is 1.87. The van der Waals surface area contributed by atoms with Crippen LogP contribution in [0.25, 0.3) is 0 Å². The second-order valence-electron chi connectivity index (χ2n) is 3.39. The van der Waals surface area contributed by atoms with Crippen LogP contribution >= 0.6 is 0 Å². The Morgan fingerprint density at radius 2 is 1.50 bits per heavy atom. The van der Waals surface area contributed by atoms with Gasteiger partial charge in [0.15, 0.2) is 0 Å². The van der Waals surface area contributed by atoms with Crippen molar-refractivity contribution in [3.05, 3.63) is 0 Å². The van der Waals surface area contributed by atoms with Crippen LogP contribution in [0.1, 0.15) is 13.3 Å². The summed E-state index contributed by atoms with van der Waals surface area (Å²) in [6.07, 6.45) is -4.90. The minimum absolute atomic E-state index is 0.685. The molecule has 0 spiro atoms. The molecule has 1 aliphatic carbocycles. The maximum absolute atomic E-state index is 13.4. The largest absolute Gasteiger partial charge is 0.374 e. The van der Waals surface area contributed by atoms with E-state index < -0.39 is 41.7 Å². The van der Waals surface area contributed by atoms with Crippen LogP contribution < -0.4 is 0 Å². The summed E-state index contributed by atoms with van der Waals surface area (Å²) >= 11 is 0. The highest BCUT2D eigenvalue weighted by Gasteiger charge is 2.81. The Bertz CT molecular complexity index is 352. The Balaban J connectivity index is 3.44. The lowest BCUT2D eigenvalue weighted by Crippen LogP contribution is -2.71. The first-order chi connectivity index (χ1) is 7.04. The van der Waals surface area contributed by atoms with E-state index in [9.17, 15) is 35.9 Å². The second-order valence-corrected chi connectivity index (χ2v) is 3.39. The van der Waals surface area contributed by atoms with E-state index in [0.29, 0.717) is 6.92 Å². The zero-order valence-corrected chi connectivity index (χ0v) is 7.87. The van der Waals surface area contributed by atoms with E-state index in [1.807, 2.05) is 0 Å². The SMILES string of the molecule is CCC1(F)C(=O)C(F)C(=O)C(F)(F)C1(F)F. The van der Waals surface area contributed by atoms with Gasteiger partial charge in [0.25, 0.3) is 0 Å². The van der Waals surface area contributed by atoms with E-state index in [1.165, 1.54) is 0 Å². The average Bonchev–Trinajstić information content (AvgIpc) is 2.22. The molecule has 1 fully saturated rings. The molecule has 0 amide bonds. The van der Waals surface area contributed by atoms with E-state index in [1.54, 1.807) is 0 Å². The predicted molar refractivity (Wildman–Crippen MR) is 38.9 cm³/mol. The van der Waals surface area contributed by atoms with E-state index in [4.69, 9.17) is 0 Å². The van der Waals surface area contributed by atoms with Crippen molar-refractivity contribution in [2.24, 2.45) is 0 Å². The molecule has 0 radical (unpaired) electrons. The number of hydrogen-bond donors (Lipinski definition) is 0. The summed E-state index contributed by atoms with van der Waals surface area (Å²) in [4.78, 5) is 21.3. The molecule has 2 unspecified atom stereocenters. The van der Waals surface area contributed by atoms with Gasteiger partial charge in [0.2, 0.25) is 23.4 Å². The molecule has 8 heteroatoms. The third-order valence-electron chi connectivity index (χ3n) is 2.54. The summed E-state index contributed by atoms with van der Waals surface area (Å²) < 4.78 is 77.6. The normalized spacial score (nSPS) is 37.6. The van der Waals surface area contributed by atoms with Gasteiger partial charge in [-0.3, -0.25) is 9.59 Å². The summed E-state index contributed by atoms with van der Waals surface area (Å²) in [6.45, 7) is 0.685. The second kappa shape index (κ2) is 3.21. The van der Waals surface area contributed by atoms with Crippen molar-refractivity contribution in [1.29, 1.82) is 0 Å². The van der Waals surface area contributed by atoms with Gasteiger partial charge in [0.1, 0.15) is 0 Å². The molecule has 0 aliphatic heterocycles. The Morgan fingerprint density at radius 1 is 1.06 bits per heavy atom. The van der Waals surface area contributed by atoms with Gasteiger partial charge in [-0.15, -0.1) is 0 Å². The molecule has 2 atom stereocenters. The summed E-state index contributed by atoms with van der Waals surface area (Å²) in [6, 6.07) is 0. The fourth-order valence-electron chi connectivity index (χ4n) is 1.43. The van der Waals surface area contributed by atoms with Gasteiger partial charge in [-0.05, 0) is 6.42 Å². The number of halogens is 6. The zero-order valence-electron chi connectivity index (χ0n) is 7.87. The highest BCUT2D eigenvalue weighted by Crippen LogP contribution is 2.51. The molecular formula is C8H6F6O2. The molecule has 0 saturated heterocycles. The summed E-state index contributed by atoms with van der Waals surface area (Å²) in [5.41, 5.74) is -4.36. The highest BCUT2D eigenvalue weighted by atomic mass is 19.3. The Morgan fingerprint density at radius 3 is 1.88 bits per heavy atom. The lowest BCUT2D eigenvalue weighted by atomic mass is 9.76. The fourth-order valence-corrected chi connectivity index (χ4v) is 1.43. The maximum atomic E-state index is 13.4. The highest BCUT2D eigenvalue weighted by molar-refractivity contribution is 6.15. The molecule has 92 valence electrons. The van der Waals surface area contributed by atoms with Crippen molar-refractivity contribution < 1.29 is 35.9 Å². The topological polar surface area (TPSA) is 34.1 Å². The fraction of sp³-hybridized carbons (Fsp3) is 0.750. The molecule has 1 rings (SSSR count). The van der Waals surface area contributed by atoms with E-state index in [0.717, 1.165) is 0 Å². The molecule has 0 aromatic carbocycles. The smallest absolute Gasteiger partial charge is 0.292 e. The number of Topliss-reactive ketones (excluding diaryl/α,β-unsaturated/α-hetero) is 2. The minimum Gasteiger partial charge on any atom is -0.292 e. The first-order valence-electron chi connectivity index (χ1n) is 4.21. The Hall–Kier alpha value is -1.08. The van der Waals surface area contributed by atoms with E-state index in [-0.39, 0.29) is 0 Å². The number of ketones is 2. The number of alkyl halides is 6. The average molecular weight is 248 g/mol. The summed E-state index contributed by atoms with van der Waals surface area (Å²) in [5.74, 6) is -16.4. The van der Waals surface area contributed by atoms with Crippen LogP contribution in [-0.2, 0) is 9.59 Å². The van der Waals surface area contributed by atoms with Crippen LogP contribution in [0.5, 0.6) is 0 Å². The number of carbonyl (C=O) groups excluding carboxylic acids is 2. The zero-order chi connectivity index (χ0) is 12.9. The van der Waals surface area contributed by atoms with Crippen LogP contribution in [-0.4, -0.2) is 35.3 Å². The first-order valence-corrected chi connectivity index (χ1v) is 4.21. The van der Waals surface area contributed by atoms with Gasteiger partial charge in [0, 0.05) is 0 Å². The van der Waals surface area contributed by atoms with Gasteiger partial charge < -0.3 is 0 Å². The van der Waals surface area contributed by atoms with Crippen molar-refractivity contribution in [2.75, 3.05) is 0 Å².